The van der Waals surface area contributed by atoms with Crippen molar-refractivity contribution in [2.24, 2.45) is 0 Å². The standard InChI is InChI=1S/C15H17N3O2/c19-15(20)17-8-5-13(6-9-17)12-1-3-14(4-2-12)18-10-7-16-11-18/h1-4,7,10-11,13H,5-6,8-9H2,(H,19,20). The predicted molar refractivity (Wildman–Crippen MR) is 75.1 cm³/mol. The van der Waals surface area contributed by atoms with E-state index in [4.69, 9.17) is 5.11 Å². The smallest absolute Gasteiger partial charge is 0.407 e. The molecule has 20 heavy (non-hydrogen) atoms. The van der Waals surface area contributed by atoms with Crippen LogP contribution < -0.4 is 0 Å². The zero-order valence-corrected chi connectivity index (χ0v) is 11.1. The Bertz CT molecular complexity index is 570. The Morgan fingerprint density at radius 1 is 1.20 bits per heavy atom. The number of carboxylic acid groups (broad SMARTS) is 1. The summed E-state index contributed by atoms with van der Waals surface area (Å²) in [6.45, 7) is 1.26. The number of aromatic nitrogens is 2. The number of hydrogen-bond donors (Lipinski definition) is 1. The number of nitrogens with zero attached hydrogens (tertiary/aromatic N) is 3. The monoisotopic (exact) mass is 271 g/mol. The molecule has 1 fully saturated rings. The number of rotatable bonds is 2. The number of likely N-dealkylation sites (tertiary alicyclic amines) is 1. The molecule has 0 atom stereocenters. The lowest BCUT2D eigenvalue weighted by molar-refractivity contribution is 0.132. The molecule has 5 nitrogen and oxygen atoms in total. The summed E-state index contributed by atoms with van der Waals surface area (Å²) in [5.41, 5.74) is 2.38. The average Bonchev–Trinajstić information content (AvgIpc) is 3.02. The van der Waals surface area contributed by atoms with Gasteiger partial charge in [-0.1, -0.05) is 12.1 Å². The maximum atomic E-state index is 10.9. The van der Waals surface area contributed by atoms with Gasteiger partial charge in [0.1, 0.15) is 0 Å². The first kappa shape index (κ1) is 12.7. The molecule has 3 rings (SSSR count). The second-order valence-corrected chi connectivity index (χ2v) is 5.11. The Kier molecular flexibility index (Phi) is 3.41. The van der Waals surface area contributed by atoms with Crippen LogP contribution >= 0.6 is 0 Å². The van der Waals surface area contributed by atoms with Crippen LogP contribution in [0.1, 0.15) is 24.3 Å². The second-order valence-electron chi connectivity index (χ2n) is 5.11. The fourth-order valence-electron chi connectivity index (χ4n) is 2.73. The van der Waals surface area contributed by atoms with Crippen LogP contribution in [-0.4, -0.2) is 38.7 Å². The molecule has 2 heterocycles. The fraction of sp³-hybridized carbons (Fsp3) is 0.333. The van der Waals surface area contributed by atoms with Crippen molar-refractivity contribution in [1.29, 1.82) is 0 Å². The number of benzene rings is 1. The van der Waals surface area contributed by atoms with Gasteiger partial charge in [-0.15, -0.1) is 0 Å². The van der Waals surface area contributed by atoms with E-state index in [9.17, 15) is 4.79 Å². The van der Waals surface area contributed by atoms with E-state index in [0.29, 0.717) is 19.0 Å². The van der Waals surface area contributed by atoms with Crippen LogP contribution in [-0.2, 0) is 0 Å². The third-order valence-corrected chi connectivity index (χ3v) is 3.93. The average molecular weight is 271 g/mol. The van der Waals surface area contributed by atoms with Gasteiger partial charge in [-0.25, -0.2) is 9.78 Å². The maximum Gasteiger partial charge on any atom is 0.407 e. The molecule has 0 bridgehead atoms. The molecule has 1 N–H and O–H groups in total. The van der Waals surface area contributed by atoms with E-state index < -0.39 is 6.09 Å². The van der Waals surface area contributed by atoms with Crippen molar-refractivity contribution in [3.8, 4) is 5.69 Å². The van der Waals surface area contributed by atoms with E-state index in [1.165, 1.54) is 10.5 Å². The summed E-state index contributed by atoms with van der Waals surface area (Å²) < 4.78 is 1.97. The van der Waals surface area contributed by atoms with Crippen LogP contribution in [0.5, 0.6) is 0 Å². The lowest BCUT2D eigenvalue weighted by Gasteiger charge is -2.30. The van der Waals surface area contributed by atoms with Gasteiger partial charge in [0.2, 0.25) is 0 Å². The Morgan fingerprint density at radius 2 is 1.90 bits per heavy atom. The quantitative estimate of drug-likeness (QED) is 0.913. The van der Waals surface area contributed by atoms with E-state index >= 15 is 0 Å². The lowest BCUT2D eigenvalue weighted by Crippen LogP contribution is -2.36. The molecule has 0 radical (unpaired) electrons. The third kappa shape index (κ3) is 2.52. The van der Waals surface area contributed by atoms with Crippen LogP contribution in [0, 0.1) is 0 Å². The van der Waals surface area contributed by atoms with Gasteiger partial charge in [0, 0.05) is 31.2 Å². The van der Waals surface area contributed by atoms with E-state index in [0.717, 1.165) is 18.5 Å². The third-order valence-electron chi connectivity index (χ3n) is 3.93. The van der Waals surface area contributed by atoms with Crippen LogP contribution in [0.3, 0.4) is 0 Å². The molecule has 0 spiro atoms. The lowest BCUT2D eigenvalue weighted by atomic mass is 9.89. The molecular weight excluding hydrogens is 254 g/mol. The maximum absolute atomic E-state index is 10.9. The van der Waals surface area contributed by atoms with Crippen molar-refractivity contribution in [1.82, 2.24) is 14.5 Å². The molecule has 0 aliphatic carbocycles. The van der Waals surface area contributed by atoms with E-state index in [1.54, 1.807) is 12.5 Å². The normalized spacial score (nSPS) is 16.3. The van der Waals surface area contributed by atoms with Gasteiger partial charge in [-0.05, 0) is 36.5 Å². The van der Waals surface area contributed by atoms with E-state index in [1.807, 2.05) is 10.8 Å². The molecule has 1 amide bonds. The molecule has 1 aromatic heterocycles. The van der Waals surface area contributed by atoms with E-state index in [2.05, 4.69) is 29.2 Å². The Balaban J connectivity index is 1.68. The van der Waals surface area contributed by atoms with Crippen LogP contribution in [0.2, 0.25) is 0 Å². The number of piperidine rings is 1. The van der Waals surface area contributed by atoms with Crippen molar-refractivity contribution in [3.63, 3.8) is 0 Å². The highest BCUT2D eigenvalue weighted by atomic mass is 16.4. The highest BCUT2D eigenvalue weighted by molar-refractivity contribution is 5.65. The highest BCUT2D eigenvalue weighted by Gasteiger charge is 2.23. The molecular formula is C15H17N3O2. The molecule has 104 valence electrons. The Morgan fingerprint density at radius 3 is 2.45 bits per heavy atom. The Hall–Kier alpha value is -2.30. The zero-order valence-electron chi connectivity index (χ0n) is 11.1. The highest BCUT2D eigenvalue weighted by Crippen LogP contribution is 2.28. The summed E-state index contributed by atoms with van der Waals surface area (Å²) >= 11 is 0. The van der Waals surface area contributed by atoms with Gasteiger partial charge in [0.05, 0.1) is 6.33 Å². The summed E-state index contributed by atoms with van der Waals surface area (Å²) in [5.74, 6) is 0.461. The number of amides is 1. The molecule has 0 unspecified atom stereocenters. The van der Waals surface area contributed by atoms with Gasteiger partial charge >= 0.3 is 6.09 Å². The van der Waals surface area contributed by atoms with Crippen molar-refractivity contribution >= 4 is 6.09 Å². The summed E-state index contributed by atoms with van der Waals surface area (Å²) in [5, 5.41) is 8.95. The minimum Gasteiger partial charge on any atom is -0.465 e. The molecule has 0 saturated carbocycles. The van der Waals surface area contributed by atoms with Gasteiger partial charge in [-0.3, -0.25) is 0 Å². The van der Waals surface area contributed by atoms with E-state index in [-0.39, 0.29) is 0 Å². The van der Waals surface area contributed by atoms with Gasteiger partial charge in [-0.2, -0.15) is 0 Å². The first-order valence-electron chi connectivity index (χ1n) is 6.80. The van der Waals surface area contributed by atoms with Crippen molar-refractivity contribution in [3.05, 3.63) is 48.5 Å². The van der Waals surface area contributed by atoms with Crippen LogP contribution in [0.4, 0.5) is 4.79 Å². The zero-order chi connectivity index (χ0) is 13.9. The van der Waals surface area contributed by atoms with Crippen LogP contribution in [0.25, 0.3) is 5.69 Å². The molecule has 2 aromatic rings. The molecule has 1 aromatic carbocycles. The fourth-order valence-corrected chi connectivity index (χ4v) is 2.73. The van der Waals surface area contributed by atoms with Crippen molar-refractivity contribution in [2.75, 3.05) is 13.1 Å². The first-order valence-corrected chi connectivity index (χ1v) is 6.80. The summed E-state index contributed by atoms with van der Waals surface area (Å²) in [6.07, 6.45) is 6.45. The summed E-state index contributed by atoms with van der Waals surface area (Å²) in [6, 6.07) is 8.44. The minimum atomic E-state index is -0.807. The molecule has 1 saturated heterocycles. The van der Waals surface area contributed by atoms with Gasteiger partial charge < -0.3 is 14.6 Å². The largest absolute Gasteiger partial charge is 0.465 e. The number of hydrogen-bond acceptors (Lipinski definition) is 2. The SMILES string of the molecule is O=C(O)N1CCC(c2ccc(-n3ccnc3)cc2)CC1. The van der Waals surface area contributed by atoms with Crippen molar-refractivity contribution < 1.29 is 9.90 Å². The van der Waals surface area contributed by atoms with Crippen LogP contribution in [0.15, 0.2) is 43.0 Å². The Labute approximate surface area is 117 Å². The predicted octanol–water partition coefficient (Wildman–Crippen LogP) is 2.73. The summed E-state index contributed by atoms with van der Waals surface area (Å²) in [4.78, 5) is 16.4. The van der Waals surface area contributed by atoms with Gasteiger partial charge in [0.15, 0.2) is 0 Å². The summed E-state index contributed by atoms with van der Waals surface area (Å²) in [7, 11) is 0. The van der Waals surface area contributed by atoms with Gasteiger partial charge in [0.25, 0.3) is 0 Å². The first-order chi connectivity index (χ1) is 9.74. The minimum absolute atomic E-state index is 0.461. The number of carbonyl (C=O) groups is 1. The van der Waals surface area contributed by atoms with Crippen molar-refractivity contribution in [2.45, 2.75) is 18.8 Å². The molecule has 1 aliphatic rings. The molecule has 1 aliphatic heterocycles. The topological polar surface area (TPSA) is 58.4 Å². The number of imidazole rings is 1. The second kappa shape index (κ2) is 5.36. The molecule has 5 heteroatoms.